The summed E-state index contributed by atoms with van der Waals surface area (Å²) >= 11 is 0. The molecule has 0 fully saturated rings. The fourth-order valence-electron chi connectivity index (χ4n) is 1.13. The van der Waals surface area contributed by atoms with Crippen LogP contribution < -0.4 is 5.32 Å². The zero-order valence-electron chi connectivity index (χ0n) is 8.33. The molecule has 0 unspecified atom stereocenters. The Hall–Kier alpha value is -0.692. The molecule has 2 heterocycles. The quantitative estimate of drug-likeness (QED) is 0.717. The summed E-state index contributed by atoms with van der Waals surface area (Å²) in [6, 6.07) is 4.79. The van der Waals surface area contributed by atoms with E-state index in [4.69, 9.17) is 0 Å². The third-order valence-corrected chi connectivity index (χ3v) is 1.68. The molecule has 0 saturated carbocycles. The molecular weight excluding hydrogens is 348 g/mol. The van der Waals surface area contributed by atoms with Crippen LogP contribution in [0.2, 0.25) is 0 Å². The summed E-state index contributed by atoms with van der Waals surface area (Å²) in [7, 11) is 0. The van der Waals surface area contributed by atoms with E-state index < -0.39 is 0 Å². The average molecular weight is 361 g/mol. The fourth-order valence-corrected chi connectivity index (χ4v) is 1.13. The van der Waals surface area contributed by atoms with E-state index in [0.29, 0.717) is 12.2 Å². The van der Waals surface area contributed by atoms with Gasteiger partial charge in [0, 0.05) is 33.3 Å². The van der Waals surface area contributed by atoms with E-state index in [-0.39, 0.29) is 27.0 Å². The molecule has 14 heavy (non-hydrogen) atoms. The molecule has 1 N–H and O–H groups in total. The molecule has 0 radical (unpaired) electrons. The fraction of sp³-hybridized carbons (Fsp3) is 0.400. The van der Waals surface area contributed by atoms with Crippen LogP contribution in [0, 0.1) is 6.07 Å². The molecule has 2 rings (SSSR count). The molecular formula is C10H13N2OW-. The van der Waals surface area contributed by atoms with Crippen LogP contribution in [0.4, 0.5) is 5.82 Å². The van der Waals surface area contributed by atoms with Crippen LogP contribution in [0.5, 0.6) is 0 Å². The summed E-state index contributed by atoms with van der Waals surface area (Å²) in [5, 5.41) is 2.68. The van der Waals surface area contributed by atoms with Gasteiger partial charge in [-0.15, -0.1) is 5.56 Å². The first-order valence-corrected chi connectivity index (χ1v) is 4.52. The number of carbonyl (C=O) groups is 1. The van der Waals surface area contributed by atoms with Crippen LogP contribution in [-0.2, 0) is 32.3 Å². The second kappa shape index (κ2) is 6.72. The van der Waals surface area contributed by atoms with Crippen LogP contribution in [0.25, 0.3) is 0 Å². The Labute approximate surface area is 98.6 Å². The minimum Gasteiger partial charge on any atom is -0.367 e. The maximum Gasteiger partial charge on any atom is 0.214 e. The summed E-state index contributed by atoms with van der Waals surface area (Å²) < 4.78 is 0. The molecule has 1 amide bonds. The van der Waals surface area contributed by atoms with Crippen LogP contribution >= 0.6 is 0 Å². The number of anilines is 1. The van der Waals surface area contributed by atoms with Gasteiger partial charge in [0.25, 0.3) is 0 Å². The van der Waals surface area contributed by atoms with Crippen LogP contribution in [0.1, 0.15) is 25.8 Å². The normalized spacial score (nSPS) is 12.6. The van der Waals surface area contributed by atoms with Gasteiger partial charge >= 0.3 is 0 Å². The van der Waals surface area contributed by atoms with E-state index in [1.54, 1.807) is 12.3 Å². The Morgan fingerprint density at radius 3 is 2.86 bits per heavy atom. The summed E-state index contributed by atoms with van der Waals surface area (Å²) in [6.07, 6.45) is 2.94. The van der Waals surface area contributed by atoms with E-state index in [1.165, 1.54) is 0 Å². The second-order valence-electron chi connectivity index (χ2n) is 2.46. The van der Waals surface area contributed by atoms with Crippen molar-refractivity contribution in [2.75, 3.05) is 5.32 Å². The third kappa shape index (κ3) is 3.22. The first-order chi connectivity index (χ1) is 6.36. The van der Waals surface area contributed by atoms with Crippen LogP contribution in [0.3, 0.4) is 0 Å². The Balaban J connectivity index is 0.000000531. The first kappa shape index (κ1) is 13.3. The first-order valence-electron chi connectivity index (χ1n) is 4.52. The van der Waals surface area contributed by atoms with E-state index in [0.717, 1.165) is 12.0 Å². The van der Waals surface area contributed by atoms with Crippen molar-refractivity contribution in [3.8, 4) is 0 Å². The van der Waals surface area contributed by atoms with Gasteiger partial charge < -0.3 is 10.3 Å². The molecule has 4 heteroatoms. The molecule has 0 aromatic carbocycles. The maximum absolute atomic E-state index is 10.9. The topological polar surface area (TPSA) is 42.0 Å². The van der Waals surface area contributed by atoms with Gasteiger partial charge in [-0.3, -0.25) is 4.79 Å². The van der Waals surface area contributed by atoms with E-state index in [9.17, 15) is 4.79 Å². The van der Waals surface area contributed by atoms with Crippen molar-refractivity contribution in [3.05, 3.63) is 23.9 Å². The van der Waals surface area contributed by atoms with Gasteiger partial charge in [0.1, 0.15) is 0 Å². The van der Waals surface area contributed by atoms with Gasteiger partial charge in [0.2, 0.25) is 5.91 Å². The summed E-state index contributed by atoms with van der Waals surface area (Å²) in [5.74, 6) is 0.716. The number of hydrogen-bond acceptors (Lipinski definition) is 2. The van der Waals surface area contributed by atoms with Crippen molar-refractivity contribution < 1.29 is 25.9 Å². The molecule has 0 atom stereocenters. The number of nitrogens with zero attached hydrogens (tertiary/aromatic N) is 1. The van der Waals surface area contributed by atoms with Crippen molar-refractivity contribution in [2.45, 2.75) is 26.7 Å². The monoisotopic (exact) mass is 361 g/mol. The molecule has 1 aliphatic rings. The van der Waals surface area contributed by atoms with E-state index >= 15 is 0 Å². The number of aryl methyl sites for hydroxylation is 1. The number of carbonyl (C=O) groups excluding carboxylic acids is 1. The predicted octanol–water partition coefficient (Wildman–Crippen LogP) is 1.79. The molecule has 1 aromatic rings. The number of fused-ring (bicyclic) bond motifs is 1. The average Bonchev–Trinajstić information content (AvgIpc) is 2.21. The maximum atomic E-state index is 10.9. The number of amides is 1. The zero-order valence-corrected chi connectivity index (χ0v) is 11.3. The zero-order chi connectivity index (χ0) is 9.68. The SMILES string of the molecule is CC.O=C1CCc2[c-]ccnc2N1.[W]. The largest absolute Gasteiger partial charge is 0.367 e. The molecule has 3 nitrogen and oxygen atoms in total. The molecule has 0 aliphatic carbocycles. The predicted molar refractivity (Wildman–Crippen MR) is 51.4 cm³/mol. The van der Waals surface area contributed by atoms with E-state index in [2.05, 4.69) is 16.4 Å². The van der Waals surface area contributed by atoms with Gasteiger partial charge in [0.05, 0.1) is 0 Å². The third-order valence-electron chi connectivity index (χ3n) is 1.68. The minimum absolute atomic E-state index is 0. The van der Waals surface area contributed by atoms with Crippen LogP contribution in [0.15, 0.2) is 12.3 Å². The van der Waals surface area contributed by atoms with Crippen molar-refractivity contribution in [3.63, 3.8) is 0 Å². The van der Waals surface area contributed by atoms with Gasteiger partial charge in [-0.25, -0.2) is 0 Å². The standard InChI is InChI=1S/C8H7N2O.C2H6.W/c11-7-4-3-6-2-1-5-9-8(6)10-7;1-2;/h1,5H,3-4H2,(H,9,10,11);1-2H3;/q-1;;. The smallest absolute Gasteiger partial charge is 0.214 e. The van der Waals surface area contributed by atoms with Gasteiger partial charge in [-0.2, -0.15) is 12.1 Å². The second-order valence-corrected chi connectivity index (χ2v) is 2.46. The number of nitrogens with one attached hydrogen (secondary N) is 1. The van der Waals surface area contributed by atoms with Gasteiger partial charge in [0.15, 0.2) is 0 Å². The molecule has 76 valence electrons. The van der Waals surface area contributed by atoms with Gasteiger partial charge in [-0.1, -0.05) is 20.0 Å². The van der Waals surface area contributed by atoms with Crippen LogP contribution in [-0.4, -0.2) is 10.9 Å². The Kier molecular flexibility index (Phi) is 6.38. The minimum atomic E-state index is 0. The number of rotatable bonds is 0. The van der Waals surface area contributed by atoms with Crippen molar-refractivity contribution in [2.24, 2.45) is 0 Å². The Bertz CT molecular complexity index is 302. The molecule has 1 aromatic heterocycles. The molecule has 0 spiro atoms. The summed E-state index contributed by atoms with van der Waals surface area (Å²) in [5.41, 5.74) is 1.01. The van der Waals surface area contributed by atoms with Gasteiger partial charge in [-0.05, 0) is 6.42 Å². The van der Waals surface area contributed by atoms with Crippen molar-refractivity contribution >= 4 is 11.7 Å². The number of hydrogen-bond donors (Lipinski definition) is 1. The number of pyridine rings is 1. The molecule has 0 bridgehead atoms. The molecule has 1 aliphatic heterocycles. The number of aromatic nitrogens is 1. The Morgan fingerprint density at radius 1 is 1.43 bits per heavy atom. The van der Waals surface area contributed by atoms with Crippen molar-refractivity contribution in [1.82, 2.24) is 4.98 Å². The molecule has 0 saturated heterocycles. The summed E-state index contributed by atoms with van der Waals surface area (Å²) in [6.45, 7) is 4.00. The van der Waals surface area contributed by atoms with Crippen molar-refractivity contribution in [1.29, 1.82) is 0 Å². The Morgan fingerprint density at radius 2 is 2.14 bits per heavy atom. The summed E-state index contributed by atoms with van der Waals surface area (Å²) in [4.78, 5) is 14.9. The van der Waals surface area contributed by atoms with E-state index in [1.807, 2.05) is 13.8 Å².